The van der Waals surface area contributed by atoms with Crippen molar-refractivity contribution in [3.63, 3.8) is 0 Å². The second-order valence-electron chi connectivity index (χ2n) is 4.47. The van der Waals surface area contributed by atoms with Gasteiger partial charge in [-0.05, 0) is 36.6 Å². The number of aliphatic hydroxyl groups is 1. The van der Waals surface area contributed by atoms with Crippen molar-refractivity contribution in [2.24, 2.45) is 5.92 Å². The van der Waals surface area contributed by atoms with Gasteiger partial charge < -0.3 is 5.11 Å². The van der Waals surface area contributed by atoms with Crippen molar-refractivity contribution >= 4 is 11.8 Å². The average molecular weight is 238 g/mol. The molecule has 1 nitrogen and oxygen atoms in total. The molecule has 1 aromatic rings. The van der Waals surface area contributed by atoms with Crippen LogP contribution < -0.4 is 0 Å². The van der Waals surface area contributed by atoms with Gasteiger partial charge in [-0.2, -0.15) is 0 Å². The lowest BCUT2D eigenvalue weighted by molar-refractivity contribution is 0.114. The van der Waals surface area contributed by atoms with Gasteiger partial charge in [-0.3, -0.25) is 0 Å². The predicted molar refractivity (Wildman–Crippen MR) is 71.9 cm³/mol. The molecule has 0 amide bonds. The molecule has 0 fully saturated rings. The minimum atomic E-state index is -0.123. The standard InChI is InChI=1S/C14H22OS/c1-12(2)14(15)10-6-7-11-16-13-8-4-3-5-9-13/h3-5,8-9,12,14-15H,6-7,10-11H2,1-2H3. The molecule has 1 atom stereocenters. The normalized spacial score (nSPS) is 13.0. The SMILES string of the molecule is CC(C)C(O)CCCCSc1ccccc1. The first-order valence-electron chi connectivity index (χ1n) is 6.06. The third-order valence-corrected chi connectivity index (χ3v) is 3.77. The quantitative estimate of drug-likeness (QED) is 0.573. The highest BCUT2D eigenvalue weighted by atomic mass is 32.2. The van der Waals surface area contributed by atoms with E-state index in [0.717, 1.165) is 18.6 Å². The van der Waals surface area contributed by atoms with Gasteiger partial charge in [-0.25, -0.2) is 0 Å². The van der Waals surface area contributed by atoms with Gasteiger partial charge in [0.05, 0.1) is 6.10 Å². The number of rotatable bonds is 7. The van der Waals surface area contributed by atoms with Crippen molar-refractivity contribution < 1.29 is 5.11 Å². The van der Waals surface area contributed by atoms with Crippen LogP contribution >= 0.6 is 11.8 Å². The zero-order chi connectivity index (χ0) is 11.8. The summed E-state index contributed by atoms with van der Waals surface area (Å²) < 4.78 is 0. The van der Waals surface area contributed by atoms with E-state index in [4.69, 9.17) is 0 Å². The molecule has 0 radical (unpaired) electrons. The summed E-state index contributed by atoms with van der Waals surface area (Å²) in [5, 5.41) is 9.64. The maximum atomic E-state index is 9.64. The summed E-state index contributed by atoms with van der Waals surface area (Å²) in [7, 11) is 0. The van der Waals surface area contributed by atoms with Crippen molar-refractivity contribution in [1.29, 1.82) is 0 Å². The molecule has 1 rings (SSSR count). The highest BCUT2D eigenvalue weighted by Gasteiger charge is 2.07. The van der Waals surface area contributed by atoms with Gasteiger partial charge in [0.25, 0.3) is 0 Å². The van der Waals surface area contributed by atoms with Crippen molar-refractivity contribution in [2.45, 2.75) is 44.1 Å². The van der Waals surface area contributed by atoms with Crippen molar-refractivity contribution in [2.75, 3.05) is 5.75 Å². The predicted octanol–water partition coefficient (Wildman–Crippen LogP) is 3.97. The van der Waals surface area contributed by atoms with Crippen LogP contribution in [-0.4, -0.2) is 17.0 Å². The van der Waals surface area contributed by atoms with E-state index >= 15 is 0 Å². The molecule has 1 unspecified atom stereocenters. The highest BCUT2D eigenvalue weighted by molar-refractivity contribution is 7.99. The van der Waals surface area contributed by atoms with E-state index in [-0.39, 0.29) is 6.10 Å². The molecular formula is C14H22OS. The van der Waals surface area contributed by atoms with Gasteiger partial charge in [0.1, 0.15) is 0 Å². The molecule has 90 valence electrons. The Labute approximate surface area is 103 Å². The van der Waals surface area contributed by atoms with Crippen LogP contribution in [-0.2, 0) is 0 Å². The third-order valence-electron chi connectivity index (χ3n) is 2.68. The van der Waals surface area contributed by atoms with E-state index in [0.29, 0.717) is 5.92 Å². The van der Waals surface area contributed by atoms with E-state index < -0.39 is 0 Å². The summed E-state index contributed by atoms with van der Waals surface area (Å²) in [5.41, 5.74) is 0. The van der Waals surface area contributed by atoms with Crippen molar-refractivity contribution in [3.8, 4) is 0 Å². The van der Waals surface area contributed by atoms with Crippen LogP contribution in [0.15, 0.2) is 35.2 Å². The Kier molecular flexibility index (Phi) is 6.58. The second kappa shape index (κ2) is 7.75. The van der Waals surface area contributed by atoms with E-state index in [1.54, 1.807) is 0 Å². The largest absolute Gasteiger partial charge is 0.393 e. The van der Waals surface area contributed by atoms with Crippen LogP contribution in [0.3, 0.4) is 0 Å². The molecule has 2 heteroatoms. The fraction of sp³-hybridized carbons (Fsp3) is 0.571. The van der Waals surface area contributed by atoms with E-state index in [9.17, 15) is 5.11 Å². The highest BCUT2D eigenvalue weighted by Crippen LogP contribution is 2.19. The molecule has 1 aromatic carbocycles. The molecule has 0 bridgehead atoms. The Morgan fingerprint density at radius 2 is 1.81 bits per heavy atom. The van der Waals surface area contributed by atoms with E-state index in [1.807, 2.05) is 17.8 Å². The summed E-state index contributed by atoms with van der Waals surface area (Å²) in [4.78, 5) is 1.34. The van der Waals surface area contributed by atoms with Crippen molar-refractivity contribution in [3.05, 3.63) is 30.3 Å². The average Bonchev–Trinajstić information content (AvgIpc) is 2.29. The smallest absolute Gasteiger partial charge is 0.0563 e. The monoisotopic (exact) mass is 238 g/mol. The molecule has 0 spiro atoms. The number of aliphatic hydroxyl groups excluding tert-OH is 1. The van der Waals surface area contributed by atoms with Crippen LogP contribution in [0.2, 0.25) is 0 Å². The topological polar surface area (TPSA) is 20.2 Å². The second-order valence-corrected chi connectivity index (χ2v) is 5.64. The first-order chi connectivity index (χ1) is 7.70. The summed E-state index contributed by atoms with van der Waals surface area (Å²) >= 11 is 1.90. The third kappa shape index (κ3) is 5.57. The number of thioether (sulfide) groups is 1. The van der Waals surface area contributed by atoms with E-state index in [1.165, 1.54) is 11.3 Å². The lowest BCUT2D eigenvalue weighted by Crippen LogP contribution is -2.14. The van der Waals surface area contributed by atoms with Gasteiger partial charge in [-0.1, -0.05) is 38.5 Å². The fourth-order valence-electron chi connectivity index (χ4n) is 1.50. The molecule has 0 heterocycles. The van der Waals surface area contributed by atoms with E-state index in [2.05, 4.69) is 38.1 Å². The lowest BCUT2D eigenvalue weighted by atomic mass is 10.0. The van der Waals surface area contributed by atoms with Gasteiger partial charge in [0.15, 0.2) is 0 Å². The maximum absolute atomic E-state index is 9.64. The summed E-state index contributed by atoms with van der Waals surface area (Å²) in [6.07, 6.45) is 3.12. The van der Waals surface area contributed by atoms with Crippen LogP contribution in [0, 0.1) is 5.92 Å². The van der Waals surface area contributed by atoms with Crippen LogP contribution in [0.5, 0.6) is 0 Å². The summed E-state index contributed by atoms with van der Waals surface area (Å²) in [5.74, 6) is 1.54. The van der Waals surface area contributed by atoms with Gasteiger partial charge in [0, 0.05) is 4.90 Å². The number of unbranched alkanes of at least 4 members (excludes halogenated alkanes) is 1. The minimum absolute atomic E-state index is 0.123. The zero-order valence-electron chi connectivity index (χ0n) is 10.2. The zero-order valence-corrected chi connectivity index (χ0v) is 11.0. The molecule has 0 aliphatic carbocycles. The number of hydrogen-bond donors (Lipinski definition) is 1. The molecule has 0 saturated heterocycles. The molecule has 0 aromatic heterocycles. The number of benzene rings is 1. The van der Waals surface area contributed by atoms with Gasteiger partial charge in [0.2, 0.25) is 0 Å². The van der Waals surface area contributed by atoms with Crippen LogP contribution in [0.1, 0.15) is 33.1 Å². The minimum Gasteiger partial charge on any atom is -0.393 e. The Morgan fingerprint density at radius 1 is 1.12 bits per heavy atom. The molecule has 1 N–H and O–H groups in total. The Balaban J connectivity index is 2.04. The van der Waals surface area contributed by atoms with Crippen LogP contribution in [0.4, 0.5) is 0 Å². The lowest BCUT2D eigenvalue weighted by Gasteiger charge is -2.13. The molecule has 0 saturated carbocycles. The Bertz CT molecular complexity index is 271. The van der Waals surface area contributed by atoms with Gasteiger partial charge >= 0.3 is 0 Å². The number of hydrogen-bond acceptors (Lipinski definition) is 2. The summed E-state index contributed by atoms with van der Waals surface area (Å²) in [6, 6.07) is 10.5. The fourth-order valence-corrected chi connectivity index (χ4v) is 2.43. The van der Waals surface area contributed by atoms with Gasteiger partial charge in [-0.15, -0.1) is 11.8 Å². The molecular weight excluding hydrogens is 216 g/mol. The Morgan fingerprint density at radius 3 is 2.44 bits per heavy atom. The first-order valence-corrected chi connectivity index (χ1v) is 7.04. The molecule has 0 aliphatic heterocycles. The summed E-state index contributed by atoms with van der Waals surface area (Å²) in [6.45, 7) is 4.15. The van der Waals surface area contributed by atoms with Crippen LogP contribution in [0.25, 0.3) is 0 Å². The Hall–Kier alpha value is -0.470. The molecule has 0 aliphatic rings. The maximum Gasteiger partial charge on any atom is 0.0563 e. The van der Waals surface area contributed by atoms with Crippen molar-refractivity contribution in [1.82, 2.24) is 0 Å². The molecule has 16 heavy (non-hydrogen) atoms. The first kappa shape index (κ1) is 13.6.